The molecule has 1 N–H and O–H groups in total. The van der Waals surface area contributed by atoms with Crippen LogP contribution in [0.15, 0.2) is 71.6 Å². The maximum absolute atomic E-state index is 14.2. The largest absolute Gasteiger partial charge is 0.495 e. The average molecular weight is 647 g/mol. The zero-order chi connectivity index (χ0) is 31.1. The highest BCUT2D eigenvalue weighted by Gasteiger charge is 2.34. The third-order valence-corrected chi connectivity index (χ3v) is 10.0. The van der Waals surface area contributed by atoms with Gasteiger partial charge < -0.3 is 15.0 Å². The molecule has 0 heterocycles. The van der Waals surface area contributed by atoms with Gasteiger partial charge in [0.15, 0.2) is 0 Å². The Morgan fingerprint density at radius 2 is 1.70 bits per heavy atom. The van der Waals surface area contributed by atoms with Crippen molar-refractivity contribution < 1.29 is 22.7 Å². The smallest absolute Gasteiger partial charge is 0.264 e. The van der Waals surface area contributed by atoms with Gasteiger partial charge >= 0.3 is 0 Å². The molecular weight excluding hydrogens is 609 g/mol. The molecule has 1 fully saturated rings. The van der Waals surface area contributed by atoms with Crippen molar-refractivity contribution in [1.82, 2.24) is 10.2 Å². The van der Waals surface area contributed by atoms with Gasteiger partial charge in [0.05, 0.1) is 17.7 Å². The van der Waals surface area contributed by atoms with E-state index in [1.54, 1.807) is 61.5 Å². The van der Waals surface area contributed by atoms with Crippen LogP contribution in [0.3, 0.4) is 0 Å². The summed E-state index contributed by atoms with van der Waals surface area (Å²) in [6.07, 6.45) is 4.97. The maximum atomic E-state index is 14.2. The molecule has 0 radical (unpaired) electrons. The molecule has 0 spiro atoms. The molecule has 1 aliphatic rings. The standard InChI is InChI=1S/C32H37Cl2N3O5S/c1-22-14-17-30(42-3)29(18-22)37(43(40,41)27-12-8-5-9-13-27)21-31(38)36(20-24-15-16-25(33)19-28(24)34)23(2)32(39)35-26-10-6-4-7-11-26/h5,8-9,12-19,23,26H,4,6-7,10-11,20-21H2,1-3H3,(H,35,39)/t23-/m0/s1. The highest BCUT2D eigenvalue weighted by atomic mass is 35.5. The van der Waals surface area contributed by atoms with E-state index in [-0.39, 0.29) is 34.8 Å². The average Bonchev–Trinajstić information content (AvgIpc) is 3.00. The number of nitrogens with one attached hydrogen (secondary N) is 1. The van der Waals surface area contributed by atoms with E-state index in [0.717, 1.165) is 42.0 Å². The Morgan fingerprint density at radius 1 is 1.00 bits per heavy atom. The Morgan fingerprint density at radius 3 is 2.35 bits per heavy atom. The van der Waals surface area contributed by atoms with E-state index in [1.807, 2.05) is 6.92 Å². The van der Waals surface area contributed by atoms with Crippen molar-refractivity contribution in [1.29, 1.82) is 0 Å². The number of nitrogens with zero attached hydrogens (tertiary/aromatic N) is 2. The third-order valence-electron chi connectivity index (χ3n) is 7.69. The van der Waals surface area contributed by atoms with Crippen molar-refractivity contribution in [2.45, 2.75) is 69.5 Å². The van der Waals surface area contributed by atoms with Crippen molar-refractivity contribution in [2.75, 3.05) is 18.0 Å². The molecule has 0 saturated heterocycles. The molecule has 0 aromatic heterocycles. The Labute approximate surface area is 264 Å². The zero-order valence-corrected chi connectivity index (χ0v) is 26.9. The Hall–Kier alpha value is -3.27. The van der Waals surface area contributed by atoms with E-state index in [1.165, 1.54) is 24.1 Å². The normalized spacial score (nSPS) is 14.5. The molecule has 230 valence electrons. The summed E-state index contributed by atoms with van der Waals surface area (Å²) in [5.74, 6) is -0.607. The first kappa shape index (κ1) is 32.6. The lowest BCUT2D eigenvalue weighted by atomic mass is 9.95. The van der Waals surface area contributed by atoms with Gasteiger partial charge in [0.1, 0.15) is 18.3 Å². The topological polar surface area (TPSA) is 96.0 Å². The third kappa shape index (κ3) is 8.02. The summed E-state index contributed by atoms with van der Waals surface area (Å²) >= 11 is 12.6. The molecule has 8 nitrogen and oxygen atoms in total. The second-order valence-corrected chi connectivity index (χ2v) is 13.5. The fraction of sp³-hybridized carbons (Fsp3) is 0.375. The number of benzene rings is 3. The Kier molecular flexibility index (Phi) is 11.0. The summed E-state index contributed by atoms with van der Waals surface area (Å²) in [6.45, 7) is 2.86. The molecule has 1 aliphatic carbocycles. The minimum absolute atomic E-state index is 0.0155. The van der Waals surface area contributed by atoms with E-state index in [0.29, 0.717) is 15.6 Å². The molecule has 3 aromatic rings. The molecule has 0 bridgehead atoms. The van der Waals surface area contributed by atoms with Crippen LogP contribution in [0.1, 0.15) is 50.2 Å². The second kappa shape index (κ2) is 14.5. The minimum atomic E-state index is -4.23. The summed E-state index contributed by atoms with van der Waals surface area (Å²) < 4.78 is 34.7. The number of halogens is 2. The van der Waals surface area contributed by atoms with Crippen molar-refractivity contribution in [3.05, 3.63) is 87.9 Å². The minimum Gasteiger partial charge on any atom is -0.495 e. The number of aryl methyl sites for hydroxylation is 1. The van der Waals surface area contributed by atoms with E-state index < -0.39 is 28.5 Å². The van der Waals surface area contributed by atoms with Gasteiger partial charge in [0.25, 0.3) is 10.0 Å². The van der Waals surface area contributed by atoms with E-state index in [9.17, 15) is 18.0 Å². The quantitative estimate of drug-likeness (QED) is 0.261. The summed E-state index contributed by atoms with van der Waals surface area (Å²) in [5.41, 5.74) is 1.56. The zero-order valence-electron chi connectivity index (χ0n) is 24.6. The van der Waals surface area contributed by atoms with Crippen LogP contribution in [0.4, 0.5) is 5.69 Å². The van der Waals surface area contributed by atoms with E-state index in [2.05, 4.69) is 5.32 Å². The van der Waals surface area contributed by atoms with E-state index in [4.69, 9.17) is 27.9 Å². The molecule has 4 rings (SSSR count). The van der Waals surface area contributed by atoms with Crippen molar-refractivity contribution in [3.8, 4) is 5.75 Å². The van der Waals surface area contributed by atoms with Crippen LogP contribution in [-0.2, 0) is 26.2 Å². The molecule has 43 heavy (non-hydrogen) atoms. The fourth-order valence-electron chi connectivity index (χ4n) is 5.21. The van der Waals surface area contributed by atoms with Gasteiger partial charge in [-0.15, -0.1) is 0 Å². The molecule has 0 aliphatic heterocycles. The monoisotopic (exact) mass is 645 g/mol. The van der Waals surface area contributed by atoms with Crippen LogP contribution in [0.5, 0.6) is 5.75 Å². The molecule has 1 atom stereocenters. The molecular formula is C32H37Cl2N3O5S. The molecule has 3 aromatic carbocycles. The molecule has 11 heteroatoms. The summed E-state index contributed by atoms with van der Waals surface area (Å²) in [4.78, 5) is 29.1. The number of hydrogen-bond acceptors (Lipinski definition) is 5. The van der Waals surface area contributed by atoms with Crippen LogP contribution >= 0.6 is 23.2 Å². The SMILES string of the molecule is COc1ccc(C)cc1N(CC(=O)N(Cc1ccc(Cl)cc1Cl)[C@@H](C)C(=O)NC1CCCCC1)S(=O)(=O)c1ccccc1. The highest BCUT2D eigenvalue weighted by molar-refractivity contribution is 7.92. The predicted molar refractivity (Wildman–Crippen MR) is 170 cm³/mol. The van der Waals surface area contributed by atoms with Crippen LogP contribution in [0, 0.1) is 6.92 Å². The molecule has 2 amide bonds. The summed E-state index contributed by atoms with van der Waals surface area (Å²) in [5, 5.41) is 3.86. The summed E-state index contributed by atoms with van der Waals surface area (Å²) in [7, 11) is -2.79. The number of anilines is 1. The second-order valence-electron chi connectivity index (χ2n) is 10.8. The lowest BCUT2D eigenvalue weighted by Crippen LogP contribution is -2.53. The maximum Gasteiger partial charge on any atom is 0.264 e. The number of amides is 2. The first-order chi connectivity index (χ1) is 20.5. The molecule has 0 unspecified atom stereocenters. The van der Waals surface area contributed by atoms with Gasteiger partial charge in [-0.3, -0.25) is 13.9 Å². The van der Waals surface area contributed by atoms with Gasteiger partial charge in [0.2, 0.25) is 11.8 Å². The van der Waals surface area contributed by atoms with Gasteiger partial charge in [-0.05, 0) is 74.2 Å². The van der Waals surface area contributed by atoms with Crippen molar-refractivity contribution in [3.63, 3.8) is 0 Å². The fourth-order valence-corrected chi connectivity index (χ4v) is 7.12. The number of ether oxygens (including phenoxy) is 1. The van der Waals surface area contributed by atoms with Gasteiger partial charge in [-0.2, -0.15) is 0 Å². The summed E-state index contributed by atoms with van der Waals surface area (Å²) in [6, 6.07) is 17.0. The van der Waals surface area contributed by atoms with Gasteiger partial charge in [0, 0.05) is 22.6 Å². The first-order valence-corrected chi connectivity index (χ1v) is 16.5. The number of rotatable bonds is 11. The number of sulfonamides is 1. The van der Waals surface area contributed by atoms with Crippen LogP contribution in [0.2, 0.25) is 10.0 Å². The van der Waals surface area contributed by atoms with Gasteiger partial charge in [-0.25, -0.2) is 8.42 Å². The predicted octanol–water partition coefficient (Wildman–Crippen LogP) is 6.37. The Bertz CT molecular complexity index is 1550. The van der Waals surface area contributed by atoms with Crippen LogP contribution in [-0.4, -0.2) is 50.9 Å². The number of carbonyl (C=O) groups excluding carboxylic acids is 2. The van der Waals surface area contributed by atoms with Crippen molar-refractivity contribution >= 4 is 50.7 Å². The highest BCUT2D eigenvalue weighted by Crippen LogP contribution is 2.34. The number of carbonyl (C=O) groups is 2. The Balaban J connectivity index is 1.74. The number of hydrogen-bond donors (Lipinski definition) is 1. The van der Waals surface area contributed by atoms with Crippen LogP contribution in [0.25, 0.3) is 0 Å². The lowest BCUT2D eigenvalue weighted by molar-refractivity contribution is -0.139. The van der Waals surface area contributed by atoms with Crippen LogP contribution < -0.4 is 14.4 Å². The first-order valence-electron chi connectivity index (χ1n) is 14.3. The van der Waals surface area contributed by atoms with E-state index >= 15 is 0 Å². The van der Waals surface area contributed by atoms with Gasteiger partial charge in [-0.1, -0.05) is 72.8 Å². The molecule has 1 saturated carbocycles. The van der Waals surface area contributed by atoms with Crippen molar-refractivity contribution in [2.24, 2.45) is 0 Å². The number of methoxy groups -OCH3 is 1. The lowest BCUT2D eigenvalue weighted by Gasteiger charge is -2.33.